The number of aliphatic hydroxyl groups excluding tert-OH is 1. The predicted molar refractivity (Wildman–Crippen MR) is 156 cm³/mol. The lowest BCUT2D eigenvalue weighted by molar-refractivity contribution is -0.0344. The molecule has 0 saturated carbocycles. The van der Waals surface area contributed by atoms with Gasteiger partial charge in [0.05, 0.1) is 30.6 Å². The van der Waals surface area contributed by atoms with E-state index in [4.69, 9.17) is 18.6 Å². The molecule has 0 aromatic carbocycles. The Balaban J connectivity index is 3.05. The van der Waals surface area contributed by atoms with Crippen LogP contribution in [0.5, 0.6) is 0 Å². The Morgan fingerprint density at radius 3 is 2.34 bits per heavy atom. The van der Waals surface area contributed by atoms with Crippen LogP contribution in [0.1, 0.15) is 71.3 Å². The number of hydrogen-bond donors (Lipinski definition) is 1. The lowest BCUT2D eigenvalue weighted by atomic mass is 9.86. The molecule has 0 fully saturated rings. The largest absolute Gasteiger partial charge is 0.512 e. The molecule has 0 saturated heterocycles. The molecule has 6 nitrogen and oxygen atoms in total. The second kappa shape index (κ2) is 16.9. The van der Waals surface area contributed by atoms with Crippen LogP contribution >= 0.6 is 0 Å². The number of aryl methyl sites for hydroxylation is 1. The minimum atomic E-state index is -0.138. The van der Waals surface area contributed by atoms with Gasteiger partial charge in [-0.3, -0.25) is 4.79 Å². The first kappa shape index (κ1) is 33.2. The number of ether oxygens (including phenoxy) is 3. The predicted octanol–water partition coefficient (Wildman–Crippen LogP) is 7.49. The molecule has 1 aromatic rings. The van der Waals surface area contributed by atoms with Crippen molar-refractivity contribution in [3.05, 3.63) is 86.7 Å². The summed E-state index contributed by atoms with van der Waals surface area (Å²) in [5, 5.41) is 9.88. The van der Waals surface area contributed by atoms with Crippen LogP contribution in [0.4, 0.5) is 0 Å². The summed E-state index contributed by atoms with van der Waals surface area (Å²) in [6, 6.07) is 0. The monoisotopic (exact) mass is 528 g/mol. The van der Waals surface area contributed by atoms with Crippen LogP contribution in [0.2, 0.25) is 0 Å². The standard InChI is InChI=1S/C32H48O6/c1-11-21(3)15-13-14-16-28(35-8)24(6)32(37-10)22(4)17-18-29-23(5)31(34)27(20-38-29)30(36-9)19-26(12-2)25(7)33/h11,13-16,19-20,22,24,28,32-33H,12,17-18H2,1-10H3/b15-13+,16-14+,21-11-,26-25+,30-19+. The Labute approximate surface area is 229 Å². The molecule has 1 N–H and O–H groups in total. The highest BCUT2D eigenvalue weighted by atomic mass is 16.5. The van der Waals surface area contributed by atoms with Gasteiger partial charge < -0.3 is 23.7 Å². The third kappa shape index (κ3) is 9.48. The summed E-state index contributed by atoms with van der Waals surface area (Å²) in [5.41, 5.74) is 2.66. The summed E-state index contributed by atoms with van der Waals surface area (Å²) in [7, 11) is 4.95. The van der Waals surface area contributed by atoms with Gasteiger partial charge in [-0.2, -0.15) is 0 Å². The maximum atomic E-state index is 13.2. The van der Waals surface area contributed by atoms with Gasteiger partial charge in [-0.1, -0.05) is 56.7 Å². The Kier molecular flexibility index (Phi) is 14.8. The zero-order valence-corrected chi connectivity index (χ0v) is 25.0. The van der Waals surface area contributed by atoms with Gasteiger partial charge in [0.1, 0.15) is 17.8 Å². The first-order valence-corrected chi connectivity index (χ1v) is 13.3. The van der Waals surface area contributed by atoms with Crippen LogP contribution in [-0.4, -0.2) is 38.6 Å². The topological polar surface area (TPSA) is 78.1 Å². The van der Waals surface area contributed by atoms with Crippen LogP contribution < -0.4 is 5.43 Å². The van der Waals surface area contributed by atoms with Crippen LogP contribution in [-0.2, 0) is 20.6 Å². The molecule has 0 aliphatic rings. The van der Waals surface area contributed by atoms with E-state index < -0.39 is 0 Å². The Hall–Kier alpha value is -2.83. The molecule has 1 aromatic heterocycles. The fourth-order valence-electron chi connectivity index (χ4n) is 4.51. The van der Waals surface area contributed by atoms with Gasteiger partial charge in [0.25, 0.3) is 0 Å². The van der Waals surface area contributed by atoms with Crippen molar-refractivity contribution >= 4 is 5.76 Å². The van der Waals surface area contributed by atoms with Gasteiger partial charge in [-0.15, -0.1) is 0 Å². The van der Waals surface area contributed by atoms with E-state index >= 15 is 0 Å². The molecule has 0 aliphatic heterocycles. The fraction of sp³-hybridized carbons (Fsp3) is 0.531. The number of hydrogen-bond acceptors (Lipinski definition) is 6. The first-order chi connectivity index (χ1) is 18.1. The molecule has 38 heavy (non-hydrogen) atoms. The summed E-state index contributed by atoms with van der Waals surface area (Å²) >= 11 is 0. The third-order valence-electron chi connectivity index (χ3n) is 7.15. The number of allylic oxidation sites excluding steroid dienone is 8. The number of aliphatic hydroxyl groups is 1. The van der Waals surface area contributed by atoms with Crippen molar-refractivity contribution in [2.75, 3.05) is 21.3 Å². The van der Waals surface area contributed by atoms with Crippen molar-refractivity contribution in [1.82, 2.24) is 0 Å². The van der Waals surface area contributed by atoms with Gasteiger partial charge >= 0.3 is 0 Å². The molecular weight excluding hydrogens is 480 g/mol. The van der Waals surface area contributed by atoms with E-state index in [0.717, 1.165) is 6.42 Å². The lowest BCUT2D eigenvalue weighted by Crippen LogP contribution is -2.36. The summed E-state index contributed by atoms with van der Waals surface area (Å²) < 4.78 is 23.1. The average Bonchev–Trinajstić information content (AvgIpc) is 2.90. The third-order valence-corrected chi connectivity index (χ3v) is 7.15. The molecule has 1 heterocycles. The zero-order valence-electron chi connectivity index (χ0n) is 25.0. The van der Waals surface area contributed by atoms with Crippen LogP contribution in [0.25, 0.3) is 5.76 Å². The highest BCUT2D eigenvalue weighted by Crippen LogP contribution is 2.26. The highest BCUT2D eigenvalue weighted by molar-refractivity contribution is 5.62. The first-order valence-electron chi connectivity index (χ1n) is 13.3. The second-order valence-corrected chi connectivity index (χ2v) is 9.76. The number of rotatable bonds is 15. The van der Waals surface area contributed by atoms with E-state index in [1.165, 1.54) is 18.9 Å². The molecule has 212 valence electrons. The number of methoxy groups -OCH3 is 3. The van der Waals surface area contributed by atoms with Crippen molar-refractivity contribution < 1.29 is 23.7 Å². The molecule has 0 bridgehead atoms. The van der Waals surface area contributed by atoms with Crippen molar-refractivity contribution in [1.29, 1.82) is 0 Å². The molecule has 6 heteroatoms. The van der Waals surface area contributed by atoms with Gasteiger partial charge in [0, 0.05) is 32.1 Å². The maximum Gasteiger partial charge on any atom is 0.198 e. The van der Waals surface area contributed by atoms with Crippen LogP contribution in [0.15, 0.2) is 68.8 Å². The van der Waals surface area contributed by atoms with E-state index in [1.807, 2.05) is 26.0 Å². The normalized spacial score (nSPS) is 17.0. The van der Waals surface area contributed by atoms with Gasteiger partial charge in [0.2, 0.25) is 0 Å². The van der Waals surface area contributed by atoms with E-state index in [1.54, 1.807) is 34.1 Å². The fourth-order valence-corrected chi connectivity index (χ4v) is 4.51. The summed E-state index contributed by atoms with van der Waals surface area (Å²) in [5.74, 6) is 1.54. The summed E-state index contributed by atoms with van der Waals surface area (Å²) in [4.78, 5) is 13.2. The van der Waals surface area contributed by atoms with Gasteiger partial charge in [-0.25, -0.2) is 0 Å². The van der Waals surface area contributed by atoms with Crippen molar-refractivity contribution in [2.24, 2.45) is 11.8 Å². The zero-order chi connectivity index (χ0) is 28.8. The molecule has 4 unspecified atom stereocenters. The van der Waals surface area contributed by atoms with Crippen molar-refractivity contribution in [3.8, 4) is 0 Å². The van der Waals surface area contributed by atoms with Gasteiger partial charge in [-0.05, 0) is 58.1 Å². The summed E-state index contributed by atoms with van der Waals surface area (Å²) in [6.07, 6.45) is 15.2. The van der Waals surface area contributed by atoms with E-state index in [-0.39, 0.29) is 35.2 Å². The smallest absolute Gasteiger partial charge is 0.198 e. The Morgan fingerprint density at radius 1 is 1.13 bits per heavy atom. The SMILES string of the molecule is C\C=C(C)/C=C/C=C/C(OC)C(C)C(OC)C(C)CCc1occ(/C(=C\C(CC)=C(/C)O)OC)c(=O)c1C. The molecule has 1 rings (SSSR count). The molecule has 4 atom stereocenters. The Bertz CT molecular complexity index is 1080. The molecule has 0 radical (unpaired) electrons. The molecule has 0 spiro atoms. The van der Waals surface area contributed by atoms with Crippen molar-refractivity contribution in [3.63, 3.8) is 0 Å². The molecular formula is C32H48O6. The minimum Gasteiger partial charge on any atom is -0.512 e. The average molecular weight is 529 g/mol. The molecule has 0 amide bonds. The highest BCUT2D eigenvalue weighted by Gasteiger charge is 2.29. The van der Waals surface area contributed by atoms with Crippen LogP contribution in [0.3, 0.4) is 0 Å². The van der Waals surface area contributed by atoms with E-state index in [0.29, 0.717) is 41.1 Å². The Morgan fingerprint density at radius 2 is 1.82 bits per heavy atom. The van der Waals surface area contributed by atoms with E-state index in [2.05, 4.69) is 39.0 Å². The van der Waals surface area contributed by atoms with E-state index in [9.17, 15) is 9.90 Å². The maximum absolute atomic E-state index is 13.2. The summed E-state index contributed by atoms with van der Waals surface area (Å²) in [6.45, 7) is 13.7. The van der Waals surface area contributed by atoms with Crippen LogP contribution in [0, 0.1) is 18.8 Å². The quantitative estimate of drug-likeness (QED) is 0.188. The minimum absolute atomic E-state index is 0.0406. The second-order valence-electron chi connectivity index (χ2n) is 9.76. The van der Waals surface area contributed by atoms with Gasteiger partial charge in [0.15, 0.2) is 5.43 Å². The van der Waals surface area contributed by atoms with Crippen molar-refractivity contribution in [2.45, 2.75) is 79.9 Å². The molecule has 0 aliphatic carbocycles. The lowest BCUT2D eigenvalue weighted by Gasteiger charge is -2.32.